The van der Waals surface area contributed by atoms with E-state index < -0.39 is 11.9 Å². The maximum absolute atomic E-state index is 9.55. The molecule has 0 spiro atoms. The van der Waals surface area contributed by atoms with Gasteiger partial charge in [0.25, 0.3) is 0 Å². The normalized spacial score (nSPS) is 7.60. The van der Waals surface area contributed by atoms with Crippen LogP contribution in [0.3, 0.4) is 0 Å². The van der Waals surface area contributed by atoms with Crippen molar-refractivity contribution >= 4 is 49.7 Å². The summed E-state index contributed by atoms with van der Waals surface area (Å²) in [5, 5.41) is 15.6. The first-order chi connectivity index (χ1) is 3.63. The van der Waals surface area contributed by atoms with E-state index in [1.807, 2.05) is 0 Å². The van der Waals surface area contributed by atoms with Crippen LogP contribution < -0.4 is 0 Å². The van der Waals surface area contributed by atoms with Gasteiger partial charge in [-0.05, 0) is 0 Å². The van der Waals surface area contributed by atoms with E-state index in [1.165, 1.54) is 0 Å². The average molecular weight is 132 g/mol. The summed E-state index contributed by atoms with van der Waals surface area (Å²) in [6.45, 7) is 0. The van der Waals surface area contributed by atoms with Crippen LogP contribution in [-0.2, 0) is 9.59 Å². The minimum absolute atomic E-state index is 0. The Morgan fingerprint density at radius 2 is 1.10 bits per heavy atom. The fraction of sp³-hybridized carbons (Fsp3) is 0. The quantitative estimate of drug-likeness (QED) is 0.351. The van der Waals surface area contributed by atoms with E-state index in [-0.39, 0.29) is 37.7 Å². The first kappa shape index (κ1) is 16.5. The molecule has 0 aromatic rings. The Morgan fingerprint density at radius 3 is 1.20 bits per heavy atom. The van der Waals surface area contributed by atoms with Gasteiger partial charge in [-0.25, -0.2) is 9.59 Å². The Balaban J connectivity index is -0.000000245. The zero-order valence-corrected chi connectivity index (χ0v) is 3.87. The fourth-order valence-electron chi connectivity index (χ4n) is 0.143. The van der Waals surface area contributed by atoms with Crippen LogP contribution in [0.25, 0.3) is 0 Å². The molecule has 0 radical (unpaired) electrons. The summed E-state index contributed by atoms with van der Waals surface area (Å²) >= 11 is 0. The third kappa shape index (κ3) is 15.7. The second-order valence-corrected chi connectivity index (χ2v) is 1.01. The second-order valence-electron chi connectivity index (χ2n) is 1.01. The van der Waals surface area contributed by atoms with Gasteiger partial charge in [0.15, 0.2) is 0 Å². The molecule has 0 bridgehead atoms. The van der Waals surface area contributed by atoms with Crippen molar-refractivity contribution in [3.05, 3.63) is 12.2 Å². The fourth-order valence-corrected chi connectivity index (χ4v) is 0.143. The van der Waals surface area contributed by atoms with Crippen LogP contribution in [0.4, 0.5) is 0 Å². The summed E-state index contributed by atoms with van der Waals surface area (Å²) in [7, 11) is 0. The SMILES string of the molecule is O=C(O)/C=C/C(=O)O.[LiH].[LiH]. The number of rotatable bonds is 2. The zero-order valence-electron chi connectivity index (χ0n) is 3.87. The van der Waals surface area contributed by atoms with Crippen molar-refractivity contribution in [2.75, 3.05) is 0 Å². The summed E-state index contributed by atoms with van der Waals surface area (Å²) in [5.41, 5.74) is 0. The summed E-state index contributed by atoms with van der Waals surface area (Å²) in [5.74, 6) is -2.51. The first-order valence-corrected chi connectivity index (χ1v) is 1.77. The van der Waals surface area contributed by atoms with Crippen LogP contribution in [0.2, 0.25) is 0 Å². The number of carboxylic acids is 2. The predicted octanol–water partition coefficient (Wildman–Crippen LogP) is -1.59. The van der Waals surface area contributed by atoms with Crippen molar-refractivity contribution in [1.82, 2.24) is 0 Å². The molecule has 0 aliphatic carbocycles. The third-order valence-electron chi connectivity index (χ3n) is 0.368. The monoisotopic (exact) mass is 132 g/mol. The van der Waals surface area contributed by atoms with Gasteiger partial charge in [0, 0.05) is 12.2 Å². The van der Waals surface area contributed by atoms with Gasteiger partial charge in [-0.3, -0.25) is 0 Å². The molecule has 0 saturated heterocycles. The molecule has 6 heteroatoms. The minimum atomic E-state index is -1.26. The Bertz CT molecular complexity index is 126. The summed E-state index contributed by atoms with van der Waals surface area (Å²) in [4.78, 5) is 19.1. The van der Waals surface area contributed by atoms with Gasteiger partial charge in [0.1, 0.15) is 0 Å². The number of carboxylic acid groups (broad SMARTS) is 2. The third-order valence-corrected chi connectivity index (χ3v) is 0.368. The average Bonchev–Trinajstić information content (AvgIpc) is 1.61. The van der Waals surface area contributed by atoms with E-state index in [9.17, 15) is 9.59 Å². The molecule has 0 fully saturated rings. The molecular weight excluding hydrogens is 126 g/mol. The van der Waals surface area contributed by atoms with Crippen LogP contribution in [0, 0.1) is 0 Å². The van der Waals surface area contributed by atoms with Gasteiger partial charge < -0.3 is 10.2 Å². The molecule has 48 valence electrons. The summed E-state index contributed by atoms with van der Waals surface area (Å²) < 4.78 is 0. The molecule has 0 unspecified atom stereocenters. The van der Waals surface area contributed by atoms with Crippen molar-refractivity contribution in [3.63, 3.8) is 0 Å². The zero-order chi connectivity index (χ0) is 6.57. The van der Waals surface area contributed by atoms with Crippen molar-refractivity contribution in [2.24, 2.45) is 0 Å². The Kier molecular flexibility index (Phi) is 14.6. The molecular formula is C4H6Li2O4. The van der Waals surface area contributed by atoms with Gasteiger partial charge in [-0.15, -0.1) is 0 Å². The standard InChI is InChI=1S/C4H4O4.2Li.2H/c5-3(6)1-2-4(7)8;;;;/h1-2H,(H,5,6)(H,7,8);;;;/b2-1+;;;;. The molecule has 0 saturated carbocycles. The Labute approximate surface area is 81.7 Å². The van der Waals surface area contributed by atoms with Crippen LogP contribution in [0.5, 0.6) is 0 Å². The van der Waals surface area contributed by atoms with E-state index in [4.69, 9.17) is 10.2 Å². The van der Waals surface area contributed by atoms with E-state index in [1.54, 1.807) is 0 Å². The van der Waals surface area contributed by atoms with Crippen molar-refractivity contribution < 1.29 is 19.8 Å². The number of hydrogen-bond acceptors (Lipinski definition) is 2. The summed E-state index contributed by atoms with van der Waals surface area (Å²) in [6.07, 6.45) is 1.12. The van der Waals surface area contributed by atoms with Crippen LogP contribution in [-0.4, -0.2) is 59.9 Å². The van der Waals surface area contributed by atoms with Crippen molar-refractivity contribution in [2.45, 2.75) is 0 Å². The Morgan fingerprint density at radius 1 is 0.900 bits per heavy atom. The van der Waals surface area contributed by atoms with Gasteiger partial charge >= 0.3 is 49.7 Å². The summed E-state index contributed by atoms with van der Waals surface area (Å²) in [6, 6.07) is 0. The van der Waals surface area contributed by atoms with Gasteiger partial charge in [-0.1, -0.05) is 0 Å². The number of aliphatic carboxylic acids is 2. The van der Waals surface area contributed by atoms with Crippen LogP contribution in [0.15, 0.2) is 12.2 Å². The molecule has 2 N–H and O–H groups in total. The van der Waals surface area contributed by atoms with Gasteiger partial charge in [0.05, 0.1) is 0 Å². The van der Waals surface area contributed by atoms with E-state index in [0.29, 0.717) is 12.2 Å². The molecule has 0 aromatic heterocycles. The topological polar surface area (TPSA) is 74.6 Å². The van der Waals surface area contributed by atoms with Crippen LogP contribution in [0.1, 0.15) is 0 Å². The second kappa shape index (κ2) is 8.87. The molecule has 0 amide bonds. The number of hydrogen-bond donors (Lipinski definition) is 2. The van der Waals surface area contributed by atoms with E-state index >= 15 is 0 Å². The first-order valence-electron chi connectivity index (χ1n) is 1.77. The number of carbonyl (C=O) groups is 2. The van der Waals surface area contributed by atoms with Crippen LogP contribution >= 0.6 is 0 Å². The molecule has 4 nitrogen and oxygen atoms in total. The van der Waals surface area contributed by atoms with E-state index in [0.717, 1.165) is 0 Å². The van der Waals surface area contributed by atoms with Gasteiger partial charge in [0.2, 0.25) is 0 Å². The molecule has 0 aromatic carbocycles. The van der Waals surface area contributed by atoms with Crippen molar-refractivity contribution in [3.8, 4) is 0 Å². The molecule has 0 atom stereocenters. The van der Waals surface area contributed by atoms with Crippen molar-refractivity contribution in [1.29, 1.82) is 0 Å². The molecule has 0 rings (SSSR count). The molecule has 0 heterocycles. The van der Waals surface area contributed by atoms with E-state index in [2.05, 4.69) is 0 Å². The molecule has 10 heavy (non-hydrogen) atoms. The Hall–Kier alpha value is -0.125. The molecule has 0 aliphatic rings. The maximum atomic E-state index is 9.55. The molecule has 0 aliphatic heterocycles. The van der Waals surface area contributed by atoms with Gasteiger partial charge in [-0.2, -0.15) is 0 Å². The predicted molar refractivity (Wildman–Crippen MR) is 38.7 cm³/mol.